The number of nitrogens with one attached hydrogen (secondary N) is 2. The molecule has 98 valence electrons. The third-order valence-corrected chi connectivity index (χ3v) is 4.05. The van der Waals surface area contributed by atoms with Crippen LogP contribution in [0.2, 0.25) is 0 Å². The van der Waals surface area contributed by atoms with E-state index in [-0.39, 0.29) is 11.9 Å². The summed E-state index contributed by atoms with van der Waals surface area (Å²) in [4.78, 5) is 12.0. The van der Waals surface area contributed by atoms with Gasteiger partial charge in [-0.05, 0) is 38.3 Å². The van der Waals surface area contributed by atoms with Crippen LogP contribution in [-0.2, 0) is 18.3 Å². The molecule has 0 radical (unpaired) electrons. The first-order valence-electron chi connectivity index (χ1n) is 6.75. The van der Waals surface area contributed by atoms with Crippen LogP contribution in [0, 0.1) is 5.92 Å². The van der Waals surface area contributed by atoms with Gasteiger partial charge in [0.05, 0.1) is 12.2 Å². The maximum Gasteiger partial charge on any atom is 0.220 e. The fourth-order valence-corrected chi connectivity index (χ4v) is 2.86. The van der Waals surface area contributed by atoms with Crippen molar-refractivity contribution < 1.29 is 4.79 Å². The van der Waals surface area contributed by atoms with Gasteiger partial charge in [0.15, 0.2) is 0 Å². The van der Waals surface area contributed by atoms with Gasteiger partial charge in [0, 0.05) is 24.7 Å². The molecule has 1 aromatic heterocycles. The first-order valence-corrected chi connectivity index (χ1v) is 6.75. The smallest absolute Gasteiger partial charge is 0.220 e. The van der Waals surface area contributed by atoms with Crippen LogP contribution >= 0.6 is 0 Å². The standard InChI is InChI=1S/C13H20N4O/c1-17-12-4-2-3-11(10(12)8-15-17)16-13(18)5-9-6-14-7-9/h8-9,11,14H,2-7H2,1H3,(H,16,18). The van der Waals surface area contributed by atoms with Gasteiger partial charge in [-0.2, -0.15) is 5.10 Å². The second-order valence-electron chi connectivity index (χ2n) is 5.41. The number of nitrogens with zero attached hydrogens (tertiary/aromatic N) is 2. The molecular formula is C13H20N4O. The number of amides is 1. The number of carbonyl (C=O) groups excluding carboxylic acids is 1. The van der Waals surface area contributed by atoms with Crippen molar-refractivity contribution in [1.82, 2.24) is 20.4 Å². The average Bonchev–Trinajstić information content (AvgIpc) is 2.68. The second-order valence-corrected chi connectivity index (χ2v) is 5.41. The van der Waals surface area contributed by atoms with Crippen molar-refractivity contribution in [2.24, 2.45) is 13.0 Å². The van der Waals surface area contributed by atoms with Gasteiger partial charge in [0.2, 0.25) is 5.91 Å². The summed E-state index contributed by atoms with van der Waals surface area (Å²) in [6.07, 6.45) is 5.80. The highest BCUT2D eigenvalue weighted by atomic mass is 16.1. The number of fused-ring (bicyclic) bond motifs is 1. The highest BCUT2D eigenvalue weighted by Gasteiger charge is 2.26. The average molecular weight is 248 g/mol. The minimum atomic E-state index is 0.169. The zero-order valence-electron chi connectivity index (χ0n) is 10.8. The number of hydrogen-bond acceptors (Lipinski definition) is 3. The highest BCUT2D eigenvalue weighted by Crippen LogP contribution is 2.29. The van der Waals surface area contributed by atoms with E-state index in [1.165, 1.54) is 11.3 Å². The molecule has 0 saturated carbocycles. The van der Waals surface area contributed by atoms with E-state index in [0.717, 1.165) is 32.4 Å². The van der Waals surface area contributed by atoms with E-state index in [4.69, 9.17) is 0 Å². The van der Waals surface area contributed by atoms with Gasteiger partial charge in [-0.1, -0.05) is 0 Å². The van der Waals surface area contributed by atoms with Gasteiger partial charge in [-0.25, -0.2) is 0 Å². The van der Waals surface area contributed by atoms with Crippen LogP contribution in [0.1, 0.15) is 36.6 Å². The van der Waals surface area contributed by atoms with E-state index >= 15 is 0 Å². The SMILES string of the molecule is Cn1ncc2c1CCCC2NC(=O)CC1CNC1. The lowest BCUT2D eigenvalue weighted by atomic mass is 9.92. The van der Waals surface area contributed by atoms with E-state index < -0.39 is 0 Å². The first kappa shape index (κ1) is 11.7. The third kappa shape index (κ3) is 2.14. The highest BCUT2D eigenvalue weighted by molar-refractivity contribution is 5.77. The molecule has 1 fully saturated rings. The molecule has 1 aromatic rings. The zero-order valence-corrected chi connectivity index (χ0v) is 10.8. The van der Waals surface area contributed by atoms with E-state index in [0.29, 0.717) is 12.3 Å². The quantitative estimate of drug-likeness (QED) is 0.820. The van der Waals surface area contributed by atoms with Gasteiger partial charge >= 0.3 is 0 Å². The van der Waals surface area contributed by atoms with Gasteiger partial charge in [0.25, 0.3) is 0 Å². The van der Waals surface area contributed by atoms with E-state index in [1.54, 1.807) is 0 Å². The first-order chi connectivity index (χ1) is 8.74. The molecule has 1 unspecified atom stereocenters. The number of aryl methyl sites for hydroxylation is 1. The van der Waals surface area contributed by atoms with Crippen LogP contribution in [0.15, 0.2) is 6.20 Å². The summed E-state index contributed by atoms with van der Waals surface area (Å²) in [6.45, 7) is 1.96. The molecule has 0 bridgehead atoms. The summed E-state index contributed by atoms with van der Waals surface area (Å²) >= 11 is 0. The van der Waals surface area contributed by atoms with Gasteiger partial charge in [-0.15, -0.1) is 0 Å². The van der Waals surface area contributed by atoms with Crippen molar-refractivity contribution in [3.05, 3.63) is 17.5 Å². The molecule has 0 spiro atoms. The van der Waals surface area contributed by atoms with Crippen LogP contribution in [0.3, 0.4) is 0 Å². The molecule has 3 rings (SSSR count). The minimum Gasteiger partial charge on any atom is -0.349 e. The molecule has 1 saturated heterocycles. The van der Waals surface area contributed by atoms with Crippen molar-refractivity contribution in [1.29, 1.82) is 0 Å². The Bertz CT molecular complexity index is 450. The second kappa shape index (κ2) is 4.72. The summed E-state index contributed by atoms with van der Waals surface area (Å²) in [5, 5.41) is 10.7. The van der Waals surface area contributed by atoms with Crippen molar-refractivity contribution in [3.8, 4) is 0 Å². The molecule has 1 amide bonds. The molecule has 18 heavy (non-hydrogen) atoms. The molecule has 2 heterocycles. The van der Waals surface area contributed by atoms with Gasteiger partial charge in [0.1, 0.15) is 0 Å². The topological polar surface area (TPSA) is 59.0 Å². The summed E-state index contributed by atoms with van der Waals surface area (Å²) in [5.74, 6) is 0.713. The lowest BCUT2D eigenvalue weighted by Gasteiger charge is -2.28. The Balaban J connectivity index is 1.64. The number of carbonyl (C=O) groups is 1. The van der Waals surface area contributed by atoms with Gasteiger partial charge in [-0.3, -0.25) is 9.48 Å². The summed E-state index contributed by atoms with van der Waals surface area (Å²) < 4.78 is 1.93. The lowest BCUT2D eigenvalue weighted by molar-refractivity contribution is -0.123. The lowest BCUT2D eigenvalue weighted by Crippen LogP contribution is -2.45. The predicted molar refractivity (Wildman–Crippen MR) is 68.0 cm³/mol. The molecule has 2 aliphatic rings. The van der Waals surface area contributed by atoms with Crippen LogP contribution in [0.4, 0.5) is 0 Å². The fraction of sp³-hybridized carbons (Fsp3) is 0.692. The number of aromatic nitrogens is 2. The van der Waals surface area contributed by atoms with Crippen LogP contribution < -0.4 is 10.6 Å². The molecule has 0 aromatic carbocycles. The van der Waals surface area contributed by atoms with E-state index in [9.17, 15) is 4.79 Å². The van der Waals surface area contributed by atoms with Crippen molar-refractivity contribution >= 4 is 5.91 Å². The van der Waals surface area contributed by atoms with Crippen LogP contribution in [0.25, 0.3) is 0 Å². The Labute approximate surface area is 107 Å². The van der Waals surface area contributed by atoms with Crippen molar-refractivity contribution in [3.63, 3.8) is 0 Å². The van der Waals surface area contributed by atoms with Crippen LogP contribution in [-0.4, -0.2) is 28.8 Å². The van der Waals surface area contributed by atoms with Crippen molar-refractivity contribution in [2.45, 2.75) is 31.7 Å². The Morgan fingerprint density at radius 3 is 3.17 bits per heavy atom. The molecular weight excluding hydrogens is 228 g/mol. The predicted octanol–water partition coefficient (Wildman–Crippen LogP) is 0.523. The largest absolute Gasteiger partial charge is 0.349 e. The Hall–Kier alpha value is -1.36. The number of rotatable bonds is 3. The Kier molecular flexibility index (Phi) is 3.07. The summed E-state index contributed by atoms with van der Waals surface area (Å²) in [5.41, 5.74) is 2.49. The van der Waals surface area contributed by atoms with Crippen molar-refractivity contribution in [2.75, 3.05) is 13.1 Å². The molecule has 1 aliphatic carbocycles. The van der Waals surface area contributed by atoms with E-state index in [1.807, 2.05) is 17.9 Å². The summed E-state index contributed by atoms with van der Waals surface area (Å²) in [6, 6.07) is 0.169. The molecule has 1 aliphatic heterocycles. The summed E-state index contributed by atoms with van der Waals surface area (Å²) in [7, 11) is 1.98. The van der Waals surface area contributed by atoms with E-state index in [2.05, 4.69) is 15.7 Å². The molecule has 5 heteroatoms. The fourth-order valence-electron chi connectivity index (χ4n) is 2.86. The monoisotopic (exact) mass is 248 g/mol. The Morgan fingerprint density at radius 2 is 2.44 bits per heavy atom. The molecule has 5 nitrogen and oxygen atoms in total. The number of hydrogen-bond donors (Lipinski definition) is 2. The molecule has 1 atom stereocenters. The zero-order chi connectivity index (χ0) is 12.5. The Morgan fingerprint density at radius 1 is 1.61 bits per heavy atom. The third-order valence-electron chi connectivity index (χ3n) is 4.05. The maximum absolute atomic E-state index is 12.0. The van der Waals surface area contributed by atoms with Crippen LogP contribution in [0.5, 0.6) is 0 Å². The minimum absolute atomic E-state index is 0.169. The maximum atomic E-state index is 12.0. The normalized spacial score (nSPS) is 23.3. The van der Waals surface area contributed by atoms with Gasteiger partial charge < -0.3 is 10.6 Å². The molecule has 2 N–H and O–H groups in total.